The van der Waals surface area contributed by atoms with Crippen LogP contribution in [0.15, 0.2) is 59.8 Å². The van der Waals surface area contributed by atoms with Gasteiger partial charge in [-0.25, -0.2) is 9.97 Å². The Morgan fingerprint density at radius 3 is 2.32 bits per heavy atom. The Morgan fingerprint density at radius 2 is 1.68 bits per heavy atom. The van der Waals surface area contributed by atoms with Crippen molar-refractivity contribution in [1.82, 2.24) is 14.9 Å². The molecule has 0 saturated heterocycles. The molecule has 0 unspecified atom stereocenters. The molecule has 0 fully saturated rings. The second-order valence-electron chi connectivity index (χ2n) is 7.57. The lowest BCUT2D eigenvalue weighted by Crippen LogP contribution is -2.38. The Morgan fingerprint density at radius 1 is 0.971 bits per heavy atom. The fraction of sp³-hybridized carbons (Fsp3) is 0.280. The summed E-state index contributed by atoms with van der Waals surface area (Å²) in [6.07, 6.45) is 0. The summed E-state index contributed by atoms with van der Waals surface area (Å²) in [6, 6.07) is 16.5. The van der Waals surface area contributed by atoms with Crippen LogP contribution in [0.1, 0.15) is 17.0 Å². The number of methoxy groups -OCH3 is 2. The van der Waals surface area contributed by atoms with E-state index in [1.807, 2.05) is 50.2 Å². The summed E-state index contributed by atoms with van der Waals surface area (Å²) >= 11 is 1.26. The number of anilines is 1. The predicted molar refractivity (Wildman–Crippen MR) is 132 cm³/mol. The van der Waals surface area contributed by atoms with Gasteiger partial charge in [-0.2, -0.15) is 0 Å². The number of ether oxygens (including phenoxy) is 2. The van der Waals surface area contributed by atoms with Crippen molar-refractivity contribution >= 4 is 29.3 Å². The minimum Gasteiger partial charge on any atom is -0.497 e. The second-order valence-corrected chi connectivity index (χ2v) is 8.51. The molecule has 2 aromatic carbocycles. The summed E-state index contributed by atoms with van der Waals surface area (Å²) in [7, 11) is 3.07. The van der Waals surface area contributed by atoms with Gasteiger partial charge in [0, 0.05) is 24.0 Å². The third-order valence-corrected chi connectivity index (χ3v) is 5.70. The highest BCUT2D eigenvalue weighted by Gasteiger charge is 2.20. The summed E-state index contributed by atoms with van der Waals surface area (Å²) in [5.41, 5.74) is 3.12. The molecular weight excluding hydrogens is 452 g/mol. The molecule has 0 aliphatic heterocycles. The predicted octanol–water partition coefficient (Wildman–Crippen LogP) is 3.87. The van der Waals surface area contributed by atoms with E-state index in [2.05, 4.69) is 15.3 Å². The number of aryl methyl sites for hydroxylation is 2. The number of hydrogen-bond acceptors (Lipinski definition) is 7. The Balaban J connectivity index is 1.72. The Hall–Kier alpha value is -3.59. The van der Waals surface area contributed by atoms with Crippen LogP contribution in [0.5, 0.6) is 11.5 Å². The van der Waals surface area contributed by atoms with Gasteiger partial charge in [0.25, 0.3) is 0 Å². The van der Waals surface area contributed by atoms with Crippen LogP contribution in [0.25, 0.3) is 0 Å². The molecule has 0 spiro atoms. The molecular formula is C25H28N4O4S. The van der Waals surface area contributed by atoms with Crippen LogP contribution in [0, 0.1) is 13.8 Å². The second kappa shape index (κ2) is 12.0. The van der Waals surface area contributed by atoms with Crippen molar-refractivity contribution in [3.63, 3.8) is 0 Å². The molecule has 1 N–H and O–H groups in total. The number of carbonyl (C=O) groups is 2. The number of rotatable bonds is 10. The zero-order chi connectivity index (χ0) is 24.5. The summed E-state index contributed by atoms with van der Waals surface area (Å²) < 4.78 is 10.6. The number of aromatic nitrogens is 2. The van der Waals surface area contributed by atoms with Crippen LogP contribution in [0.2, 0.25) is 0 Å². The Labute approximate surface area is 203 Å². The molecule has 0 bridgehead atoms. The van der Waals surface area contributed by atoms with Gasteiger partial charge in [0.05, 0.1) is 25.7 Å². The van der Waals surface area contributed by atoms with Gasteiger partial charge in [-0.05, 0) is 37.6 Å². The molecule has 1 heterocycles. The van der Waals surface area contributed by atoms with E-state index in [4.69, 9.17) is 9.47 Å². The maximum atomic E-state index is 13.1. The van der Waals surface area contributed by atoms with E-state index in [-0.39, 0.29) is 24.1 Å². The first kappa shape index (κ1) is 25.0. The van der Waals surface area contributed by atoms with Gasteiger partial charge in [-0.15, -0.1) is 0 Å². The lowest BCUT2D eigenvalue weighted by Gasteiger charge is -2.22. The van der Waals surface area contributed by atoms with Gasteiger partial charge in [0.1, 0.15) is 18.0 Å². The fourth-order valence-corrected chi connectivity index (χ4v) is 4.13. The molecule has 0 saturated carbocycles. The third-order valence-electron chi connectivity index (χ3n) is 4.87. The molecule has 3 aromatic rings. The largest absolute Gasteiger partial charge is 0.497 e. The molecule has 34 heavy (non-hydrogen) atoms. The number of carbonyl (C=O) groups excluding carboxylic acids is 2. The molecule has 8 nitrogen and oxygen atoms in total. The van der Waals surface area contributed by atoms with Crippen LogP contribution in [0.4, 0.5) is 5.69 Å². The average molecular weight is 481 g/mol. The molecule has 0 aliphatic rings. The zero-order valence-corrected chi connectivity index (χ0v) is 20.5. The fourth-order valence-electron chi connectivity index (χ4n) is 3.28. The molecule has 178 valence electrons. The smallest absolute Gasteiger partial charge is 0.244 e. The Kier molecular flexibility index (Phi) is 8.86. The number of hydrogen-bond donors (Lipinski definition) is 1. The van der Waals surface area contributed by atoms with Gasteiger partial charge in [-0.1, -0.05) is 42.1 Å². The summed E-state index contributed by atoms with van der Waals surface area (Å²) in [5.74, 6) is 0.681. The SMILES string of the molecule is COc1ccc(NC(=O)CN(Cc2ccccc2)C(=O)CSc2nc(C)cc(C)n2)c(OC)c1. The molecule has 0 radical (unpaired) electrons. The minimum atomic E-state index is -0.333. The number of benzene rings is 2. The van der Waals surface area contributed by atoms with Crippen molar-refractivity contribution in [3.8, 4) is 11.5 Å². The molecule has 9 heteroatoms. The molecule has 1 aromatic heterocycles. The van der Waals surface area contributed by atoms with E-state index in [1.165, 1.54) is 23.8 Å². The number of nitrogens with zero attached hydrogens (tertiary/aromatic N) is 3. The average Bonchev–Trinajstić information content (AvgIpc) is 2.82. The first-order valence-corrected chi connectivity index (χ1v) is 11.6. The van der Waals surface area contributed by atoms with Crippen molar-refractivity contribution < 1.29 is 19.1 Å². The summed E-state index contributed by atoms with van der Waals surface area (Å²) in [4.78, 5) is 36.3. The molecule has 2 amide bonds. The number of thioether (sulfide) groups is 1. The number of nitrogens with one attached hydrogen (secondary N) is 1. The van der Waals surface area contributed by atoms with Gasteiger partial charge in [0.15, 0.2) is 5.16 Å². The third kappa shape index (κ3) is 7.21. The minimum absolute atomic E-state index is 0.114. The summed E-state index contributed by atoms with van der Waals surface area (Å²) in [6.45, 7) is 3.97. The maximum absolute atomic E-state index is 13.1. The van der Waals surface area contributed by atoms with E-state index in [0.717, 1.165) is 17.0 Å². The van der Waals surface area contributed by atoms with Gasteiger partial charge >= 0.3 is 0 Å². The van der Waals surface area contributed by atoms with Gasteiger partial charge < -0.3 is 19.7 Å². The molecule has 0 atom stereocenters. The van der Waals surface area contributed by atoms with E-state index in [0.29, 0.717) is 28.9 Å². The lowest BCUT2D eigenvalue weighted by atomic mass is 10.2. The van der Waals surface area contributed by atoms with Crippen LogP contribution in [-0.4, -0.2) is 53.2 Å². The van der Waals surface area contributed by atoms with Crippen molar-refractivity contribution in [2.75, 3.05) is 31.8 Å². The zero-order valence-electron chi connectivity index (χ0n) is 19.7. The van der Waals surface area contributed by atoms with E-state index in [9.17, 15) is 9.59 Å². The van der Waals surface area contributed by atoms with E-state index < -0.39 is 0 Å². The van der Waals surface area contributed by atoms with Crippen LogP contribution >= 0.6 is 11.8 Å². The van der Waals surface area contributed by atoms with Crippen molar-refractivity contribution in [2.45, 2.75) is 25.5 Å². The maximum Gasteiger partial charge on any atom is 0.244 e. The first-order valence-electron chi connectivity index (χ1n) is 10.7. The van der Waals surface area contributed by atoms with Crippen molar-refractivity contribution in [3.05, 3.63) is 71.5 Å². The van der Waals surface area contributed by atoms with Gasteiger partial charge in [-0.3, -0.25) is 9.59 Å². The Bertz CT molecular complexity index is 1120. The molecule has 0 aliphatic carbocycles. The quantitative estimate of drug-likeness (QED) is 0.348. The monoisotopic (exact) mass is 480 g/mol. The normalized spacial score (nSPS) is 10.5. The highest BCUT2D eigenvalue weighted by Crippen LogP contribution is 2.29. The standard InChI is InChI=1S/C25H28N4O4S/c1-17-12-18(2)27-25(26-17)34-16-24(31)29(14-19-8-6-5-7-9-19)15-23(30)28-21-11-10-20(32-3)13-22(21)33-4/h5-13H,14-16H2,1-4H3,(H,28,30). The van der Waals surface area contributed by atoms with Crippen LogP contribution in [-0.2, 0) is 16.1 Å². The van der Waals surface area contributed by atoms with Crippen molar-refractivity contribution in [1.29, 1.82) is 0 Å². The van der Waals surface area contributed by atoms with E-state index in [1.54, 1.807) is 25.3 Å². The highest BCUT2D eigenvalue weighted by atomic mass is 32.2. The van der Waals surface area contributed by atoms with E-state index >= 15 is 0 Å². The first-order chi connectivity index (χ1) is 16.4. The van der Waals surface area contributed by atoms with Crippen molar-refractivity contribution in [2.24, 2.45) is 0 Å². The topological polar surface area (TPSA) is 93.7 Å². The highest BCUT2D eigenvalue weighted by molar-refractivity contribution is 7.99. The number of amides is 2. The lowest BCUT2D eigenvalue weighted by molar-refractivity contribution is -0.132. The summed E-state index contributed by atoms with van der Waals surface area (Å²) in [5, 5.41) is 3.37. The van der Waals surface area contributed by atoms with Gasteiger partial charge in [0.2, 0.25) is 11.8 Å². The van der Waals surface area contributed by atoms with Crippen LogP contribution in [0.3, 0.4) is 0 Å². The molecule has 3 rings (SSSR count). The van der Waals surface area contributed by atoms with Crippen LogP contribution < -0.4 is 14.8 Å².